The lowest BCUT2D eigenvalue weighted by Gasteiger charge is -2.02. The number of carbonyl (C=O) groups is 1. The lowest BCUT2D eigenvalue weighted by Crippen LogP contribution is -1.82. The molecule has 0 amide bonds. The number of pyridine rings is 1. The number of fused-ring (bicyclic) bond motifs is 1. The van der Waals surface area contributed by atoms with Crippen molar-refractivity contribution in [1.29, 1.82) is 5.26 Å². The smallest absolute Gasteiger partial charge is 0.185 e. The minimum atomic E-state index is 0.265. The van der Waals surface area contributed by atoms with Gasteiger partial charge in [-0.05, 0) is 23.8 Å². The average molecular weight is 248 g/mol. The Balaban J connectivity index is 2.27. The monoisotopic (exact) mass is 248 g/mol. The first-order valence-electron chi connectivity index (χ1n) is 5.65. The fourth-order valence-electron chi connectivity index (χ4n) is 2.00. The molecule has 2 aromatic heterocycles. The van der Waals surface area contributed by atoms with Crippen molar-refractivity contribution in [3.63, 3.8) is 0 Å². The van der Waals surface area contributed by atoms with Gasteiger partial charge in [-0.15, -0.1) is 0 Å². The van der Waals surface area contributed by atoms with Crippen molar-refractivity contribution in [2.24, 2.45) is 0 Å². The topological polar surface area (TPSA) is 66.9 Å². The molecule has 2 heterocycles. The molecular formula is C15H8N2O2. The van der Waals surface area contributed by atoms with Gasteiger partial charge in [-0.1, -0.05) is 12.1 Å². The van der Waals surface area contributed by atoms with E-state index in [4.69, 9.17) is 9.68 Å². The molecule has 0 bridgehead atoms. The van der Waals surface area contributed by atoms with Crippen molar-refractivity contribution in [3.05, 3.63) is 54.0 Å². The molecular weight excluding hydrogens is 240 g/mol. The number of hydrogen-bond donors (Lipinski definition) is 0. The molecule has 0 fully saturated rings. The molecule has 0 aliphatic heterocycles. The summed E-state index contributed by atoms with van der Waals surface area (Å²) in [6, 6.07) is 10.9. The fourth-order valence-corrected chi connectivity index (χ4v) is 2.00. The van der Waals surface area contributed by atoms with Crippen molar-refractivity contribution < 1.29 is 9.21 Å². The number of furan rings is 1. The summed E-state index contributed by atoms with van der Waals surface area (Å²) < 4.78 is 5.49. The summed E-state index contributed by atoms with van der Waals surface area (Å²) in [5, 5.41) is 9.69. The Morgan fingerprint density at radius 3 is 2.95 bits per heavy atom. The quantitative estimate of drug-likeness (QED) is 0.653. The minimum Gasteiger partial charge on any atom is -0.453 e. The summed E-state index contributed by atoms with van der Waals surface area (Å²) >= 11 is 0. The van der Waals surface area contributed by atoms with Crippen LogP contribution < -0.4 is 0 Å². The molecule has 0 unspecified atom stereocenters. The molecule has 1 aromatic carbocycles. The van der Waals surface area contributed by atoms with Gasteiger partial charge in [0.2, 0.25) is 0 Å². The van der Waals surface area contributed by atoms with Crippen LogP contribution in [-0.2, 0) is 0 Å². The highest BCUT2D eigenvalue weighted by Gasteiger charge is 2.10. The van der Waals surface area contributed by atoms with E-state index in [-0.39, 0.29) is 5.76 Å². The lowest BCUT2D eigenvalue weighted by molar-refractivity contribution is 0.110. The Morgan fingerprint density at radius 1 is 1.26 bits per heavy atom. The van der Waals surface area contributed by atoms with Crippen LogP contribution in [0.5, 0.6) is 0 Å². The van der Waals surface area contributed by atoms with Crippen LogP contribution in [0.4, 0.5) is 0 Å². The van der Waals surface area contributed by atoms with Crippen LogP contribution in [-0.4, -0.2) is 11.3 Å². The standard InChI is InChI=1S/C15H8N2O2/c16-6-10-2-1-3-11(4-10)14-8-17-7-12-5-13(9-18)19-15(12)14/h1-5,7-9H. The van der Waals surface area contributed by atoms with Crippen molar-refractivity contribution in [2.45, 2.75) is 0 Å². The van der Waals surface area contributed by atoms with Gasteiger partial charge < -0.3 is 4.42 Å². The second-order valence-electron chi connectivity index (χ2n) is 4.06. The van der Waals surface area contributed by atoms with E-state index in [0.717, 1.165) is 16.5 Å². The zero-order valence-electron chi connectivity index (χ0n) is 9.83. The van der Waals surface area contributed by atoms with Gasteiger partial charge in [0, 0.05) is 23.3 Å². The van der Waals surface area contributed by atoms with Crippen LogP contribution in [0.15, 0.2) is 47.1 Å². The summed E-state index contributed by atoms with van der Waals surface area (Å²) in [6.45, 7) is 0. The largest absolute Gasteiger partial charge is 0.453 e. The highest BCUT2D eigenvalue weighted by atomic mass is 16.3. The van der Waals surface area contributed by atoms with Crippen molar-refractivity contribution in [1.82, 2.24) is 4.98 Å². The highest BCUT2D eigenvalue weighted by molar-refractivity contribution is 5.94. The first-order valence-corrected chi connectivity index (χ1v) is 5.65. The van der Waals surface area contributed by atoms with Gasteiger partial charge in [-0.3, -0.25) is 9.78 Å². The molecule has 3 aromatic rings. The SMILES string of the molecule is N#Cc1cccc(-c2cncc3cc(C=O)oc23)c1. The van der Waals surface area contributed by atoms with Gasteiger partial charge in [0.1, 0.15) is 5.58 Å². The zero-order valence-corrected chi connectivity index (χ0v) is 9.83. The Hall–Kier alpha value is -2.93. The first-order chi connectivity index (χ1) is 9.31. The number of aldehydes is 1. The van der Waals surface area contributed by atoms with E-state index >= 15 is 0 Å². The third kappa shape index (κ3) is 1.87. The van der Waals surface area contributed by atoms with E-state index in [1.807, 2.05) is 6.07 Å². The lowest BCUT2D eigenvalue weighted by atomic mass is 10.0. The van der Waals surface area contributed by atoms with Crippen LogP contribution in [0.25, 0.3) is 22.1 Å². The number of carbonyl (C=O) groups excluding carboxylic acids is 1. The number of rotatable bonds is 2. The van der Waals surface area contributed by atoms with E-state index in [9.17, 15) is 4.79 Å². The minimum absolute atomic E-state index is 0.265. The first kappa shape index (κ1) is 11.2. The van der Waals surface area contributed by atoms with Gasteiger partial charge in [0.15, 0.2) is 12.0 Å². The maximum atomic E-state index is 10.8. The molecule has 0 saturated heterocycles. The van der Waals surface area contributed by atoms with Gasteiger partial charge in [-0.25, -0.2) is 0 Å². The normalized spacial score (nSPS) is 10.3. The Labute approximate surface area is 108 Å². The highest BCUT2D eigenvalue weighted by Crippen LogP contribution is 2.29. The van der Waals surface area contributed by atoms with Crippen LogP contribution in [0.3, 0.4) is 0 Å². The molecule has 3 rings (SSSR count). The predicted molar refractivity (Wildman–Crippen MR) is 69.5 cm³/mol. The van der Waals surface area contributed by atoms with E-state index in [1.165, 1.54) is 0 Å². The fraction of sp³-hybridized carbons (Fsp3) is 0. The van der Waals surface area contributed by atoms with E-state index in [1.54, 1.807) is 36.7 Å². The number of aromatic nitrogens is 1. The molecule has 19 heavy (non-hydrogen) atoms. The molecule has 0 radical (unpaired) electrons. The zero-order chi connectivity index (χ0) is 13.2. The molecule has 4 nitrogen and oxygen atoms in total. The molecule has 0 saturated carbocycles. The van der Waals surface area contributed by atoms with Gasteiger partial charge in [0.05, 0.1) is 11.6 Å². The van der Waals surface area contributed by atoms with E-state index < -0.39 is 0 Å². The molecule has 4 heteroatoms. The van der Waals surface area contributed by atoms with Crippen LogP contribution in [0.2, 0.25) is 0 Å². The predicted octanol–water partition coefficient (Wildman–Crippen LogP) is 3.18. The summed E-state index contributed by atoms with van der Waals surface area (Å²) in [4.78, 5) is 14.9. The number of hydrogen-bond acceptors (Lipinski definition) is 4. The Kier molecular flexibility index (Phi) is 2.58. The Bertz CT molecular complexity index is 812. The van der Waals surface area contributed by atoms with Crippen LogP contribution >= 0.6 is 0 Å². The maximum Gasteiger partial charge on any atom is 0.185 e. The van der Waals surface area contributed by atoms with Crippen molar-refractivity contribution >= 4 is 17.3 Å². The summed E-state index contributed by atoms with van der Waals surface area (Å²) in [5.41, 5.74) is 2.77. The third-order valence-corrected chi connectivity index (χ3v) is 2.86. The third-order valence-electron chi connectivity index (χ3n) is 2.86. The number of benzene rings is 1. The molecule has 0 aliphatic rings. The summed E-state index contributed by atoms with van der Waals surface area (Å²) in [7, 11) is 0. The number of nitriles is 1. The van der Waals surface area contributed by atoms with Crippen LogP contribution in [0, 0.1) is 11.3 Å². The van der Waals surface area contributed by atoms with Crippen LogP contribution in [0.1, 0.15) is 16.1 Å². The van der Waals surface area contributed by atoms with Crippen molar-refractivity contribution in [2.75, 3.05) is 0 Å². The van der Waals surface area contributed by atoms with Crippen molar-refractivity contribution in [3.8, 4) is 17.2 Å². The molecule has 0 spiro atoms. The summed E-state index contributed by atoms with van der Waals surface area (Å²) in [5.74, 6) is 0.265. The molecule has 90 valence electrons. The van der Waals surface area contributed by atoms with Gasteiger partial charge in [-0.2, -0.15) is 5.26 Å². The van der Waals surface area contributed by atoms with Gasteiger partial charge >= 0.3 is 0 Å². The van der Waals surface area contributed by atoms with E-state index in [2.05, 4.69) is 11.1 Å². The molecule has 0 aliphatic carbocycles. The Morgan fingerprint density at radius 2 is 2.16 bits per heavy atom. The maximum absolute atomic E-state index is 10.8. The second-order valence-corrected chi connectivity index (χ2v) is 4.06. The average Bonchev–Trinajstić information content (AvgIpc) is 2.90. The number of nitrogens with zero attached hydrogens (tertiary/aromatic N) is 2. The summed E-state index contributed by atoms with van der Waals surface area (Å²) in [6.07, 6.45) is 3.97. The molecule has 0 atom stereocenters. The van der Waals surface area contributed by atoms with E-state index in [0.29, 0.717) is 17.4 Å². The molecule has 0 N–H and O–H groups in total. The second kappa shape index (κ2) is 4.39. The van der Waals surface area contributed by atoms with Gasteiger partial charge in [0.25, 0.3) is 0 Å².